The lowest BCUT2D eigenvalue weighted by molar-refractivity contribution is 0.356. The van der Waals surface area contributed by atoms with Crippen LogP contribution >= 0.6 is 12.4 Å². The molecular formula is C12H20ClN3. The van der Waals surface area contributed by atoms with E-state index in [1.165, 1.54) is 25.9 Å². The highest BCUT2D eigenvalue weighted by molar-refractivity contribution is 5.85. The highest BCUT2D eigenvalue weighted by Crippen LogP contribution is 2.09. The number of nitrogens with zero attached hydrogens (tertiary/aromatic N) is 1. The summed E-state index contributed by atoms with van der Waals surface area (Å²) in [7, 11) is 0. The van der Waals surface area contributed by atoms with Crippen molar-refractivity contribution < 1.29 is 0 Å². The van der Waals surface area contributed by atoms with Gasteiger partial charge < -0.3 is 10.6 Å². The molecule has 16 heavy (non-hydrogen) atoms. The van der Waals surface area contributed by atoms with Crippen molar-refractivity contribution in [1.82, 2.24) is 15.6 Å². The molecule has 0 atom stereocenters. The van der Waals surface area contributed by atoms with Gasteiger partial charge in [-0.05, 0) is 50.5 Å². The third kappa shape index (κ3) is 4.47. The molecular weight excluding hydrogens is 222 g/mol. The Bertz CT molecular complexity index is 273. The second-order valence-electron chi connectivity index (χ2n) is 4.15. The maximum absolute atomic E-state index is 4.29. The average Bonchev–Trinajstić information content (AvgIpc) is 2.32. The lowest BCUT2D eigenvalue weighted by atomic mass is 9.98. The van der Waals surface area contributed by atoms with Crippen molar-refractivity contribution in [2.24, 2.45) is 5.92 Å². The molecule has 4 heteroatoms. The van der Waals surface area contributed by atoms with Gasteiger partial charge in [-0.3, -0.25) is 4.98 Å². The molecule has 2 N–H and O–H groups in total. The Labute approximate surface area is 103 Å². The van der Waals surface area contributed by atoms with E-state index in [9.17, 15) is 0 Å². The van der Waals surface area contributed by atoms with E-state index in [1.54, 1.807) is 0 Å². The fourth-order valence-electron chi connectivity index (χ4n) is 1.99. The predicted octanol–water partition coefficient (Wildman–Crippen LogP) is 1.59. The Balaban J connectivity index is 0.00000128. The highest BCUT2D eigenvalue weighted by Gasteiger charge is 2.11. The SMILES string of the molecule is Cl.c1ccc(CNCC2CCNCC2)nc1. The van der Waals surface area contributed by atoms with Crippen LogP contribution < -0.4 is 10.6 Å². The molecule has 1 saturated heterocycles. The number of aromatic nitrogens is 1. The summed E-state index contributed by atoms with van der Waals surface area (Å²) < 4.78 is 0. The van der Waals surface area contributed by atoms with Crippen molar-refractivity contribution in [2.45, 2.75) is 19.4 Å². The minimum absolute atomic E-state index is 0. The quantitative estimate of drug-likeness (QED) is 0.841. The summed E-state index contributed by atoms with van der Waals surface area (Å²) in [6, 6.07) is 6.06. The Kier molecular flexibility index (Phi) is 6.38. The summed E-state index contributed by atoms with van der Waals surface area (Å²) in [6.45, 7) is 4.37. The van der Waals surface area contributed by atoms with Gasteiger partial charge in [0.1, 0.15) is 0 Å². The van der Waals surface area contributed by atoms with E-state index >= 15 is 0 Å². The summed E-state index contributed by atoms with van der Waals surface area (Å²) in [5, 5.41) is 6.86. The number of nitrogens with one attached hydrogen (secondary N) is 2. The van der Waals surface area contributed by atoms with Crippen LogP contribution in [0.1, 0.15) is 18.5 Å². The van der Waals surface area contributed by atoms with E-state index in [1.807, 2.05) is 18.3 Å². The topological polar surface area (TPSA) is 37.0 Å². The molecule has 1 aliphatic rings. The average molecular weight is 242 g/mol. The molecule has 1 aromatic heterocycles. The summed E-state index contributed by atoms with van der Waals surface area (Å²) in [6.07, 6.45) is 4.45. The normalized spacial score (nSPS) is 16.8. The van der Waals surface area contributed by atoms with Gasteiger partial charge in [0.2, 0.25) is 0 Å². The number of pyridine rings is 1. The zero-order valence-corrected chi connectivity index (χ0v) is 10.3. The van der Waals surface area contributed by atoms with Gasteiger partial charge in [0, 0.05) is 12.7 Å². The fraction of sp³-hybridized carbons (Fsp3) is 0.583. The Morgan fingerprint density at radius 2 is 2.12 bits per heavy atom. The van der Waals surface area contributed by atoms with Gasteiger partial charge in [-0.2, -0.15) is 0 Å². The first kappa shape index (κ1) is 13.4. The van der Waals surface area contributed by atoms with Crippen LogP contribution in [-0.2, 0) is 6.54 Å². The maximum atomic E-state index is 4.29. The van der Waals surface area contributed by atoms with Crippen LogP contribution in [0.15, 0.2) is 24.4 Å². The van der Waals surface area contributed by atoms with Gasteiger partial charge in [0.05, 0.1) is 5.69 Å². The van der Waals surface area contributed by atoms with Crippen molar-refractivity contribution in [3.63, 3.8) is 0 Å². The van der Waals surface area contributed by atoms with Gasteiger partial charge in [-0.25, -0.2) is 0 Å². The van der Waals surface area contributed by atoms with E-state index in [-0.39, 0.29) is 12.4 Å². The summed E-state index contributed by atoms with van der Waals surface area (Å²) >= 11 is 0. The van der Waals surface area contributed by atoms with Crippen molar-refractivity contribution >= 4 is 12.4 Å². The number of halogens is 1. The van der Waals surface area contributed by atoms with Crippen molar-refractivity contribution in [3.8, 4) is 0 Å². The molecule has 2 rings (SSSR count). The Hall–Kier alpha value is -0.640. The lowest BCUT2D eigenvalue weighted by Crippen LogP contribution is -2.33. The van der Waals surface area contributed by atoms with Gasteiger partial charge in [-0.15, -0.1) is 12.4 Å². The largest absolute Gasteiger partial charge is 0.317 e. The first-order valence-electron chi connectivity index (χ1n) is 5.76. The zero-order valence-electron chi connectivity index (χ0n) is 9.48. The first-order chi connectivity index (χ1) is 7.45. The number of hydrogen-bond acceptors (Lipinski definition) is 3. The molecule has 1 fully saturated rings. The third-order valence-corrected chi connectivity index (χ3v) is 2.92. The molecule has 1 aliphatic heterocycles. The van der Waals surface area contributed by atoms with Crippen LogP contribution in [0.2, 0.25) is 0 Å². The maximum Gasteiger partial charge on any atom is 0.0541 e. The monoisotopic (exact) mass is 241 g/mol. The second-order valence-corrected chi connectivity index (χ2v) is 4.15. The summed E-state index contributed by atoms with van der Waals surface area (Å²) in [4.78, 5) is 4.29. The van der Waals surface area contributed by atoms with Crippen LogP contribution in [0.3, 0.4) is 0 Å². The second kappa shape index (κ2) is 7.60. The standard InChI is InChI=1S/C12H19N3.ClH/c1-2-6-15-12(3-1)10-14-9-11-4-7-13-8-5-11;/h1-3,6,11,13-14H,4-5,7-10H2;1H. The minimum Gasteiger partial charge on any atom is -0.317 e. The minimum atomic E-state index is 0. The van der Waals surface area contributed by atoms with Crippen LogP contribution in [0.5, 0.6) is 0 Å². The molecule has 0 radical (unpaired) electrons. The lowest BCUT2D eigenvalue weighted by Gasteiger charge is -2.22. The molecule has 0 bridgehead atoms. The van der Waals surface area contributed by atoms with Crippen molar-refractivity contribution in [3.05, 3.63) is 30.1 Å². The number of rotatable bonds is 4. The first-order valence-corrected chi connectivity index (χ1v) is 5.76. The molecule has 1 aromatic rings. The zero-order chi connectivity index (χ0) is 10.3. The van der Waals surface area contributed by atoms with Crippen LogP contribution in [0, 0.1) is 5.92 Å². The molecule has 3 nitrogen and oxygen atoms in total. The Morgan fingerprint density at radius 1 is 1.31 bits per heavy atom. The van der Waals surface area contributed by atoms with Crippen LogP contribution in [0.25, 0.3) is 0 Å². The van der Waals surface area contributed by atoms with E-state index in [2.05, 4.69) is 21.7 Å². The molecule has 0 spiro atoms. The summed E-state index contributed by atoms with van der Waals surface area (Å²) in [5.41, 5.74) is 1.13. The number of hydrogen-bond donors (Lipinski definition) is 2. The Morgan fingerprint density at radius 3 is 2.81 bits per heavy atom. The third-order valence-electron chi connectivity index (χ3n) is 2.92. The van der Waals surface area contributed by atoms with Gasteiger partial charge >= 0.3 is 0 Å². The number of piperidine rings is 1. The molecule has 0 amide bonds. The van der Waals surface area contributed by atoms with Crippen LogP contribution in [0.4, 0.5) is 0 Å². The fourth-order valence-corrected chi connectivity index (χ4v) is 1.99. The van der Waals surface area contributed by atoms with Gasteiger partial charge in [0.25, 0.3) is 0 Å². The molecule has 0 unspecified atom stereocenters. The van der Waals surface area contributed by atoms with Gasteiger partial charge in [-0.1, -0.05) is 6.07 Å². The highest BCUT2D eigenvalue weighted by atomic mass is 35.5. The van der Waals surface area contributed by atoms with Crippen molar-refractivity contribution in [2.75, 3.05) is 19.6 Å². The van der Waals surface area contributed by atoms with E-state index < -0.39 is 0 Å². The van der Waals surface area contributed by atoms with Crippen molar-refractivity contribution in [1.29, 1.82) is 0 Å². The van der Waals surface area contributed by atoms with Crippen LogP contribution in [-0.4, -0.2) is 24.6 Å². The van der Waals surface area contributed by atoms with E-state index in [4.69, 9.17) is 0 Å². The van der Waals surface area contributed by atoms with Gasteiger partial charge in [0.15, 0.2) is 0 Å². The summed E-state index contributed by atoms with van der Waals surface area (Å²) in [5.74, 6) is 0.843. The molecule has 90 valence electrons. The van der Waals surface area contributed by atoms with E-state index in [0.717, 1.165) is 24.7 Å². The molecule has 0 saturated carbocycles. The molecule has 2 heterocycles. The predicted molar refractivity (Wildman–Crippen MR) is 68.8 cm³/mol. The molecule has 0 aliphatic carbocycles. The smallest absolute Gasteiger partial charge is 0.0541 e. The van der Waals surface area contributed by atoms with E-state index in [0.29, 0.717) is 0 Å². The molecule has 0 aromatic carbocycles.